The van der Waals surface area contributed by atoms with Crippen molar-refractivity contribution in [1.29, 1.82) is 5.26 Å². The van der Waals surface area contributed by atoms with E-state index < -0.39 is 11.7 Å². The number of carbonyl (C=O) groups is 2. The van der Waals surface area contributed by atoms with Crippen LogP contribution in [0.15, 0.2) is 30.3 Å². The Morgan fingerprint density at radius 1 is 1.17 bits per heavy atom. The standard InChI is InChI=1S/C23H33N3O3/c1-22(2,3)29-21(28)25-14-8-7-11-20(27)26-15-12-23(18-24,13-16-26)17-19-9-5-4-6-10-19/h4-6,9-10H,7-8,11-17H2,1-3H3,(H,25,28). The molecule has 6 nitrogen and oxygen atoms in total. The molecule has 1 N–H and O–H groups in total. The van der Waals surface area contributed by atoms with Gasteiger partial charge in [0.2, 0.25) is 5.91 Å². The van der Waals surface area contributed by atoms with Crippen molar-refractivity contribution in [2.75, 3.05) is 19.6 Å². The third kappa shape index (κ3) is 7.77. The third-order valence-electron chi connectivity index (χ3n) is 5.18. The van der Waals surface area contributed by atoms with Crippen LogP contribution >= 0.6 is 0 Å². The smallest absolute Gasteiger partial charge is 0.407 e. The minimum absolute atomic E-state index is 0.133. The van der Waals surface area contributed by atoms with E-state index in [2.05, 4.69) is 23.5 Å². The molecule has 1 heterocycles. The molecule has 1 saturated heterocycles. The quantitative estimate of drug-likeness (QED) is 0.701. The third-order valence-corrected chi connectivity index (χ3v) is 5.18. The number of hydrogen-bond donors (Lipinski definition) is 1. The zero-order valence-electron chi connectivity index (χ0n) is 17.9. The van der Waals surface area contributed by atoms with E-state index in [1.54, 1.807) is 0 Å². The Bertz CT molecular complexity index is 711. The summed E-state index contributed by atoms with van der Waals surface area (Å²) in [4.78, 5) is 25.9. The van der Waals surface area contributed by atoms with Crippen LogP contribution in [0.25, 0.3) is 0 Å². The first-order chi connectivity index (χ1) is 13.7. The van der Waals surface area contributed by atoms with Gasteiger partial charge < -0.3 is 15.0 Å². The summed E-state index contributed by atoms with van der Waals surface area (Å²) in [6.45, 7) is 7.24. The second-order valence-corrected chi connectivity index (χ2v) is 8.82. The van der Waals surface area contributed by atoms with Crippen LogP contribution in [0, 0.1) is 16.7 Å². The maximum atomic E-state index is 12.5. The predicted molar refractivity (Wildman–Crippen MR) is 112 cm³/mol. The molecule has 1 aromatic rings. The summed E-state index contributed by atoms with van der Waals surface area (Å²) in [6, 6.07) is 12.6. The maximum absolute atomic E-state index is 12.5. The summed E-state index contributed by atoms with van der Waals surface area (Å²) >= 11 is 0. The van der Waals surface area contributed by atoms with Gasteiger partial charge in [-0.05, 0) is 58.4 Å². The Kier molecular flexibility index (Phi) is 8.07. The van der Waals surface area contributed by atoms with Gasteiger partial charge >= 0.3 is 6.09 Å². The number of unbranched alkanes of at least 4 members (excludes halogenated alkanes) is 1. The van der Waals surface area contributed by atoms with Crippen LogP contribution in [0.1, 0.15) is 58.4 Å². The zero-order chi connectivity index (χ0) is 21.3. The highest BCUT2D eigenvalue weighted by molar-refractivity contribution is 5.76. The van der Waals surface area contributed by atoms with E-state index in [1.165, 1.54) is 5.56 Å². The number of hydrogen-bond acceptors (Lipinski definition) is 4. The minimum Gasteiger partial charge on any atom is -0.444 e. The van der Waals surface area contributed by atoms with Crippen LogP contribution < -0.4 is 5.32 Å². The summed E-state index contributed by atoms with van der Waals surface area (Å²) in [7, 11) is 0. The normalized spacial score (nSPS) is 16.0. The van der Waals surface area contributed by atoms with Crippen LogP contribution in [0.2, 0.25) is 0 Å². The van der Waals surface area contributed by atoms with E-state index in [1.807, 2.05) is 43.9 Å². The van der Waals surface area contributed by atoms with E-state index in [0.717, 1.165) is 19.3 Å². The minimum atomic E-state index is -0.506. The highest BCUT2D eigenvalue weighted by Gasteiger charge is 2.36. The summed E-state index contributed by atoms with van der Waals surface area (Å²) in [5, 5.41) is 12.5. The molecule has 1 aliphatic heterocycles. The average molecular weight is 400 g/mol. The molecule has 0 atom stereocenters. The van der Waals surface area contributed by atoms with Crippen LogP contribution in [0.3, 0.4) is 0 Å². The molecule has 1 aliphatic rings. The van der Waals surface area contributed by atoms with Gasteiger partial charge in [-0.15, -0.1) is 0 Å². The number of benzene rings is 1. The molecule has 0 spiro atoms. The maximum Gasteiger partial charge on any atom is 0.407 e. The first kappa shape index (κ1) is 22.7. The molecule has 2 amide bonds. The van der Waals surface area contributed by atoms with Gasteiger partial charge in [0.05, 0.1) is 11.5 Å². The number of nitrogens with one attached hydrogen (secondary N) is 1. The van der Waals surface area contributed by atoms with Crippen molar-refractivity contribution in [1.82, 2.24) is 10.2 Å². The number of nitrogens with zero attached hydrogens (tertiary/aromatic N) is 2. The Morgan fingerprint density at radius 2 is 1.83 bits per heavy atom. The molecule has 0 saturated carbocycles. The van der Waals surface area contributed by atoms with Crippen molar-refractivity contribution in [2.45, 2.75) is 64.9 Å². The Labute approximate surface area is 174 Å². The van der Waals surface area contributed by atoms with Gasteiger partial charge in [0.25, 0.3) is 0 Å². The van der Waals surface area contributed by atoms with Crippen molar-refractivity contribution in [3.05, 3.63) is 35.9 Å². The van der Waals surface area contributed by atoms with Crippen molar-refractivity contribution in [3.63, 3.8) is 0 Å². The molecule has 0 aliphatic carbocycles. The molecule has 158 valence electrons. The topological polar surface area (TPSA) is 82.4 Å². The molecule has 0 bridgehead atoms. The largest absolute Gasteiger partial charge is 0.444 e. The Balaban J connectivity index is 1.68. The van der Waals surface area contributed by atoms with Gasteiger partial charge in [0, 0.05) is 26.1 Å². The predicted octanol–water partition coefficient (Wildman–Crippen LogP) is 4.06. The highest BCUT2D eigenvalue weighted by atomic mass is 16.6. The monoisotopic (exact) mass is 399 g/mol. The van der Waals surface area contributed by atoms with Gasteiger partial charge in [-0.2, -0.15) is 5.26 Å². The van der Waals surface area contributed by atoms with E-state index in [-0.39, 0.29) is 11.3 Å². The van der Waals surface area contributed by atoms with Crippen LogP contribution in [-0.2, 0) is 16.0 Å². The zero-order valence-corrected chi connectivity index (χ0v) is 17.9. The van der Waals surface area contributed by atoms with Gasteiger partial charge in [-0.3, -0.25) is 4.79 Å². The molecular weight excluding hydrogens is 366 g/mol. The number of amides is 2. The van der Waals surface area contributed by atoms with Crippen LogP contribution in [-0.4, -0.2) is 42.1 Å². The number of piperidine rings is 1. The number of likely N-dealkylation sites (tertiary alicyclic amines) is 1. The number of nitriles is 1. The molecule has 6 heteroatoms. The fourth-order valence-electron chi connectivity index (χ4n) is 3.56. The van der Waals surface area contributed by atoms with Crippen molar-refractivity contribution in [2.24, 2.45) is 5.41 Å². The van der Waals surface area contributed by atoms with E-state index in [9.17, 15) is 14.9 Å². The number of rotatable bonds is 7. The Morgan fingerprint density at radius 3 is 2.41 bits per heavy atom. The molecule has 0 radical (unpaired) electrons. The number of carbonyl (C=O) groups excluding carboxylic acids is 2. The average Bonchev–Trinajstić information content (AvgIpc) is 2.67. The van der Waals surface area contributed by atoms with Crippen LogP contribution in [0.5, 0.6) is 0 Å². The number of ether oxygens (including phenoxy) is 1. The lowest BCUT2D eigenvalue weighted by molar-refractivity contribution is -0.133. The van der Waals surface area contributed by atoms with Crippen LogP contribution in [0.4, 0.5) is 4.79 Å². The lowest BCUT2D eigenvalue weighted by Gasteiger charge is -2.37. The second kappa shape index (κ2) is 10.3. The van der Waals surface area contributed by atoms with Gasteiger partial charge in [-0.1, -0.05) is 30.3 Å². The van der Waals surface area contributed by atoms with Crippen molar-refractivity contribution >= 4 is 12.0 Å². The van der Waals surface area contributed by atoms with E-state index in [0.29, 0.717) is 38.9 Å². The molecule has 0 unspecified atom stereocenters. The highest BCUT2D eigenvalue weighted by Crippen LogP contribution is 2.34. The lowest BCUT2D eigenvalue weighted by atomic mass is 9.75. The van der Waals surface area contributed by atoms with Gasteiger partial charge in [0.1, 0.15) is 5.60 Å². The van der Waals surface area contributed by atoms with Gasteiger partial charge in [-0.25, -0.2) is 4.79 Å². The molecule has 2 rings (SSSR count). The fraction of sp³-hybridized carbons (Fsp3) is 0.609. The van der Waals surface area contributed by atoms with Gasteiger partial charge in [0.15, 0.2) is 0 Å². The first-order valence-corrected chi connectivity index (χ1v) is 10.4. The molecule has 1 aromatic carbocycles. The Hall–Kier alpha value is -2.55. The second-order valence-electron chi connectivity index (χ2n) is 8.82. The summed E-state index contributed by atoms with van der Waals surface area (Å²) in [5.41, 5.74) is 0.287. The summed E-state index contributed by atoms with van der Waals surface area (Å²) < 4.78 is 5.18. The molecular formula is C23H33N3O3. The molecule has 29 heavy (non-hydrogen) atoms. The van der Waals surface area contributed by atoms with E-state index in [4.69, 9.17) is 4.74 Å². The molecule has 0 aromatic heterocycles. The van der Waals surface area contributed by atoms with Crippen molar-refractivity contribution < 1.29 is 14.3 Å². The first-order valence-electron chi connectivity index (χ1n) is 10.4. The van der Waals surface area contributed by atoms with Crippen molar-refractivity contribution in [3.8, 4) is 6.07 Å². The van der Waals surface area contributed by atoms with E-state index >= 15 is 0 Å². The summed E-state index contributed by atoms with van der Waals surface area (Å²) in [6.07, 6.45) is 3.66. The fourth-order valence-corrected chi connectivity index (χ4v) is 3.56. The summed E-state index contributed by atoms with van der Waals surface area (Å²) in [5.74, 6) is 0.133. The lowest BCUT2D eigenvalue weighted by Crippen LogP contribution is -2.43. The SMILES string of the molecule is CC(C)(C)OC(=O)NCCCCC(=O)N1CCC(C#N)(Cc2ccccc2)CC1. The molecule has 1 fully saturated rings. The number of alkyl carbamates (subject to hydrolysis) is 1.